The number of hydrogen-bond acceptors (Lipinski definition) is 5. The second-order valence-corrected chi connectivity index (χ2v) is 9.30. The van der Waals surface area contributed by atoms with E-state index in [2.05, 4.69) is 16.5 Å². The molecule has 0 saturated carbocycles. The number of carbonyl (C=O) groups is 1. The third-order valence-corrected chi connectivity index (χ3v) is 6.73. The molecule has 2 aromatic carbocycles. The van der Waals surface area contributed by atoms with E-state index in [1.807, 2.05) is 35.2 Å². The molecule has 0 aliphatic carbocycles. The summed E-state index contributed by atoms with van der Waals surface area (Å²) >= 11 is 0. The minimum atomic E-state index is -3.54. The molecular formula is C22H29N3O4S. The largest absolute Gasteiger partial charge is 0.379 e. The van der Waals surface area contributed by atoms with Crippen LogP contribution in [0.25, 0.3) is 0 Å². The van der Waals surface area contributed by atoms with E-state index >= 15 is 0 Å². The van der Waals surface area contributed by atoms with E-state index in [0.29, 0.717) is 25.3 Å². The molecule has 30 heavy (non-hydrogen) atoms. The van der Waals surface area contributed by atoms with E-state index in [9.17, 15) is 13.2 Å². The first-order valence-corrected chi connectivity index (χ1v) is 11.6. The lowest BCUT2D eigenvalue weighted by Gasteiger charge is -2.35. The van der Waals surface area contributed by atoms with Crippen LogP contribution >= 0.6 is 0 Å². The Morgan fingerprint density at radius 2 is 1.73 bits per heavy atom. The number of ether oxygens (including phenoxy) is 1. The molecule has 7 nitrogen and oxygen atoms in total. The van der Waals surface area contributed by atoms with Crippen molar-refractivity contribution in [2.75, 3.05) is 39.9 Å². The first-order valence-electron chi connectivity index (χ1n) is 10.1. The summed E-state index contributed by atoms with van der Waals surface area (Å²) in [4.78, 5) is 17.7. The van der Waals surface area contributed by atoms with E-state index in [1.54, 1.807) is 12.1 Å². The summed E-state index contributed by atoms with van der Waals surface area (Å²) < 4.78 is 31.6. The number of nitrogens with zero attached hydrogens (tertiary/aromatic N) is 2. The first kappa shape index (κ1) is 22.4. The highest BCUT2D eigenvalue weighted by Gasteiger charge is 2.25. The van der Waals surface area contributed by atoms with Crippen molar-refractivity contribution in [3.8, 4) is 0 Å². The van der Waals surface area contributed by atoms with Gasteiger partial charge < -0.3 is 9.64 Å². The molecule has 1 fully saturated rings. The van der Waals surface area contributed by atoms with Gasteiger partial charge in [0.1, 0.15) is 0 Å². The number of sulfonamides is 1. The van der Waals surface area contributed by atoms with E-state index in [4.69, 9.17) is 4.74 Å². The molecule has 162 valence electrons. The molecule has 2 aromatic rings. The topological polar surface area (TPSA) is 79.0 Å². The van der Waals surface area contributed by atoms with Crippen LogP contribution in [0.3, 0.4) is 0 Å². The summed E-state index contributed by atoms with van der Waals surface area (Å²) in [5.74, 6) is -0.118. The van der Waals surface area contributed by atoms with Crippen molar-refractivity contribution in [3.63, 3.8) is 0 Å². The predicted octanol–water partition coefficient (Wildman–Crippen LogP) is 1.96. The number of amides is 1. The Kier molecular flexibility index (Phi) is 7.60. The molecule has 1 amide bonds. The van der Waals surface area contributed by atoms with Gasteiger partial charge in [-0.1, -0.05) is 30.3 Å². The van der Waals surface area contributed by atoms with Crippen LogP contribution in [0.4, 0.5) is 0 Å². The van der Waals surface area contributed by atoms with Crippen LogP contribution in [0.5, 0.6) is 0 Å². The lowest BCUT2D eigenvalue weighted by atomic mass is 10.1. The van der Waals surface area contributed by atoms with E-state index in [0.717, 1.165) is 25.2 Å². The molecule has 0 radical (unpaired) electrons. The number of hydrogen-bond donors (Lipinski definition) is 1. The summed E-state index contributed by atoms with van der Waals surface area (Å²) in [7, 11) is -2.17. The molecule has 1 atom stereocenters. The minimum Gasteiger partial charge on any atom is -0.379 e. The van der Waals surface area contributed by atoms with Gasteiger partial charge >= 0.3 is 0 Å². The SMILES string of the molecule is CNS(=O)(=O)c1ccc(C(=O)N(Cc2ccccc2)C(C)CN2CCOCC2)cc1. The third-order valence-electron chi connectivity index (χ3n) is 5.30. The second-order valence-electron chi connectivity index (χ2n) is 7.41. The van der Waals surface area contributed by atoms with E-state index in [-0.39, 0.29) is 16.8 Å². The number of benzene rings is 2. The smallest absolute Gasteiger partial charge is 0.254 e. The maximum absolute atomic E-state index is 13.4. The van der Waals surface area contributed by atoms with Gasteiger partial charge in [-0.15, -0.1) is 0 Å². The molecular weight excluding hydrogens is 402 g/mol. The molecule has 1 unspecified atom stereocenters. The lowest BCUT2D eigenvalue weighted by Crippen LogP contribution is -2.48. The van der Waals surface area contributed by atoms with Crippen molar-refractivity contribution in [2.24, 2.45) is 0 Å². The van der Waals surface area contributed by atoms with Crippen LogP contribution in [0.1, 0.15) is 22.8 Å². The van der Waals surface area contributed by atoms with Gasteiger partial charge in [-0.3, -0.25) is 9.69 Å². The highest BCUT2D eigenvalue weighted by molar-refractivity contribution is 7.89. The monoisotopic (exact) mass is 431 g/mol. The second kappa shape index (κ2) is 10.2. The summed E-state index contributed by atoms with van der Waals surface area (Å²) in [5.41, 5.74) is 1.52. The van der Waals surface area contributed by atoms with E-state index < -0.39 is 10.0 Å². The van der Waals surface area contributed by atoms with Crippen molar-refractivity contribution in [1.82, 2.24) is 14.5 Å². The van der Waals surface area contributed by atoms with Crippen molar-refractivity contribution >= 4 is 15.9 Å². The van der Waals surface area contributed by atoms with Gasteiger partial charge in [0.2, 0.25) is 10.0 Å². The zero-order valence-corrected chi connectivity index (χ0v) is 18.3. The van der Waals surface area contributed by atoms with Crippen molar-refractivity contribution in [2.45, 2.75) is 24.4 Å². The van der Waals surface area contributed by atoms with Gasteiger partial charge in [-0.05, 0) is 43.8 Å². The Morgan fingerprint density at radius 1 is 1.10 bits per heavy atom. The molecule has 0 spiro atoms. The quantitative estimate of drug-likeness (QED) is 0.691. The normalized spacial score (nSPS) is 16.2. The molecule has 8 heteroatoms. The Hall–Kier alpha value is -2.26. The van der Waals surface area contributed by atoms with Crippen LogP contribution in [0.2, 0.25) is 0 Å². The fraction of sp³-hybridized carbons (Fsp3) is 0.409. The van der Waals surface area contributed by atoms with Gasteiger partial charge in [0.05, 0.1) is 18.1 Å². The fourth-order valence-electron chi connectivity index (χ4n) is 3.52. The maximum atomic E-state index is 13.4. The highest BCUT2D eigenvalue weighted by atomic mass is 32.2. The van der Waals surface area contributed by atoms with Crippen LogP contribution in [0, 0.1) is 0 Å². The Bertz CT molecular complexity index is 927. The lowest BCUT2D eigenvalue weighted by molar-refractivity contribution is 0.0228. The van der Waals surface area contributed by atoms with Crippen molar-refractivity contribution in [3.05, 3.63) is 65.7 Å². The van der Waals surface area contributed by atoms with Gasteiger partial charge in [0, 0.05) is 37.8 Å². The van der Waals surface area contributed by atoms with Gasteiger partial charge in [0.25, 0.3) is 5.91 Å². The average Bonchev–Trinajstić information content (AvgIpc) is 2.78. The molecule has 0 aromatic heterocycles. The van der Waals surface area contributed by atoms with E-state index in [1.165, 1.54) is 19.2 Å². The van der Waals surface area contributed by atoms with Crippen LogP contribution in [0.15, 0.2) is 59.5 Å². The summed E-state index contributed by atoms with van der Waals surface area (Å²) in [6.07, 6.45) is 0. The third kappa shape index (κ3) is 5.66. The zero-order valence-electron chi connectivity index (χ0n) is 17.5. The Morgan fingerprint density at radius 3 is 2.33 bits per heavy atom. The molecule has 1 N–H and O–H groups in total. The molecule has 1 saturated heterocycles. The summed E-state index contributed by atoms with van der Waals surface area (Å²) in [5, 5.41) is 0. The predicted molar refractivity (Wildman–Crippen MR) is 116 cm³/mol. The molecule has 3 rings (SSSR count). The van der Waals surface area contributed by atoms with Crippen molar-refractivity contribution < 1.29 is 17.9 Å². The minimum absolute atomic E-state index is 0.0171. The zero-order chi connectivity index (χ0) is 21.6. The number of rotatable bonds is 8. The van der Waals surface area contributed by atoms with Crippen molar-refractivity contribution in [1.29, 1.82) is 0 Å². The van der Waals surface area contributed by atoms with Gasteiger partial charge in [-0.25, -0.2) is 13.1 Å². The molecule has 1 aliphatic heterocycles. The standard InChI is InChI=1S/C22H29N3O4S/c1-18(16-24-12-14-29-15-13-24)25(17-19-6-4-3-5-7-19)22(26)20-8-10-21(11-9-20)30(27,28)23-2/h3-11,18,23H,12-17H2,1-2H3. The van der Waals surface area contributed by atoms with Gasteiger partial charge in [0.15, 0.2) is 0 Å². The number of morpholine rings is 1. The van der Waals surface area contributed by atoms with Crippen LogP contribution in [-0.2, 0) is 21.3 Å². The summed E-state index contributed by atoms with van der Waals surface area (Å²) in [6.45, 7) is 6.43. The van der Waals surface area contributed by atoms with Crippen LogP contribution in [-0.4, -0.2) is 70.1 Å². The fourth-order valence-corrected chi connectivity index (χ4v) is 4.25. The maximum Gasteiger partial charge on any atom is 0.254 e. The Labute approximate surface area is 178 Å². The first-order chi connectivity index (χ1) is 14.4. The number of nitrogens with one attached hydrogen (secondary N) is 1. The molecule has 1 heterocycles. The van der Waals surface area contributed by atoms with Crippen LogP contribution < -0.4 is 4.72 Å². The summed E-state index contributed by atoms with van der Waals surface area (Å²) in [6, 6.07) is 15.9. The molecule has 1 aliphatic rings. The highest BCUT2D eigenvalue weighted by Crippen LogP contribution is 2.17. The molecule has 0 bridgehead atoms. The average molecular weight is 432 g/mol. The van der Waals surface area contributed by atoms with Gasteiger partial charge in [-0.2, -0.15) is 0 Å². The number of carbonyl (C=O) groups excluding carboxylic acids is 1. The Balaban J connectivity index is 1.81.